The Bertz CT molecular complexity index is 502. The molecular weight excluding hydrogens is 232 g/mol. The number of carbonyl (C=O) groups is 2. The van der Waals surface area contributed by atoms with Crippen molar-refractivity contribution in [3.05, 3.63) is 11.1 Å². The van der Waals surface area contributed by atoms with Gasteiger partial charge in [0.2, 0.25) is 0 Å². The van der Waals surface area contributed by atoms with Crippen molar-refractivity contribution in [2.24, 2.45) is 10.8 Å². The number of fused-ring (bicyclic) bond motifs is 5. The van der Waals surface area contributed by atoms with Crippen LogP contribution >= 0.6 is 0 Å². The molecule has 4 nitrogen and oxygen atoms in total. The Labute approximate surface area is 106 Å². The van der Waals surface area contributed by atoms with Gasteiger partial charge in [-0.25, -0.2) is 0 Å². The Morgan fingerprint density at radius 3 is 1.44 bits per heavy atom. The van der Waals surface area contributed by atoms with Crippen molar-refractivity contribution < 1.29 is 19.1 Å². The number of esters is 2. The Balaban J connectivity index is 2.43. The summed E-state index contributed by atoms with van der Waals surface area (Å²) < 4.78 is 11.1. The molecule has 0 spiro atoms. The standard InChI is InChI=1S/C14H18O4/c1-7-8(2)14(6)12(4)10(16)17-9(15)11(12,3)13(7,5)18-14/h1-6H3. The smallest absolute Gasteiger partial charge is 0.324 e. The average molecular weight is 250 g/mol. The molecule has 2 fully saturated rings. The summed E-state index contributed by atoms with van der Waals surface area (Å²) in [6.07, 6.45) is 0. The minimum absolute atomic E-state index is 0.465. The molecule has 0 radical (unpaired) electrons. The van der Waals surface area contributed by atoms with Crippen LogP contribution < -0.4 is 0 Å². The fourth-order valence-electron chi connectivity index (χ4n) is 4.27. The van der Waals surface area contributed by atoms with Gasteiger partial charge >= 0.3 is 11.9 Å². The van der Waals surface area contributed by atoms with E-state index < -0.39 is 34.0 Å². The number of carbonyl (C=O) groups excluding carboxylic acids is 2. The molecule has 0 aliphatic carbocycles. The second-order valence-corrected chi connectivity index (χ2v) is 6.35. The van der Waals surface area contributed by atoms with E-state index in [1.165, 1.54) is 0 Å². The van der Waals surface area contributed by atoms with Crippen molar-refractivity contribution in [2.45, 2.75) is 52.7 Å². The maximum atomic E-state index is 12.2. The summed E-state index contributed by atoms with van der Waals surface area (Å²) in [4.78, 5) is 24.5. The normalized spacial score (nSPS) is 54.1. The molecule has 18 heavy (non-hydrogen) atoms. The second-order valence-electron chi connectivity index (χ2n) is 6.35. The van der Waals surface area contributed by atoms with Crippen molar-refractivity contribution >= 4 is 11.9 Å². The lowest BCUT2D eigenvalue weighted by Gasteiger charge is -2.44. The first kappa shape index (κ1) is 11.9. The Morgan fingerprint density at radius 1 is 0.778 bits per heavy atom. The van der Waals surface area contributed by atoms with Crippen LogP contribution in [0.5, 0.6) is 0 Å². The predicted molar refractivity (Wildman–Crippen MR) is 63.6 cm³/mol. The summed E-state index contributed by atoms with van der Waals surface area (Å²) >= 11 is 0. The molecule has 0 aromatic heterocycles. The third-order valence-electron chi connectivity index (χ3n) is 6.31. The highest BCUT2D eigenvalue weighted by Crippen LogP contribution is 2.74. The first-order chi connectivity index (χ1) is 8.07. The monoisotopic (exact) mass is 250 g/mol. The van der Waals surface area contributed by atoms with E-state index in [2.05, 4.69) is 0 Å². The molecule has 3 heterocycles. The quantitative estimate of drug-likeness (QED) is 0.375. The lowest BCUT2D eigenvalue weighted by Crippen LogP contribution is -2.57. The van der Waals surface area contributed by atoms with E-state index in [1.54, 1.807) is 13.8 Å². The Hall–Kier alpha value is -1.16. The second kappa shape index (κ2) is 2.57. The predicted octanol–water partition coefficient (Wildman–Crippen LogP) is 1.98. The summed E-state index contributed by atoms with van der Waals surface area (Å²) in [5.41, 5.74) is -1.34. The van der Waals surface area contributed by atoms with Crippen molar-refractivity contribution in [1.82, 2.24) is 0 Å². The van der Waals surface area contributed by atoms with Crippen LogP contribution in [0.3, 0.4) is 0 Å². The van der Waals surface area contributed by atoms with Gasteiger partial charge in [0.15, 0.2) is 0 Å². The van der Waals surface area contributed by atoms with Crippen LogP contribution in [0.1, 0.15) is 41.5 Å². The molecule has 4 atom stereocenters. The molecule has 4 unspecified atom stereocenters. The molecule has 2 bridgehead atoms. The van der Waals surface area contributed by atoms with Crippen molar-refractivity contribution in [1.29, 1.82) is 0 Å². The molecule has 2 saturated heterocycles. The lowest BCUT2D eigenvalue weighted by molar-refractivity contribution is -0.165. The van der Waals surface area contributed by atoms with Crippen LogP contribution in [0.2, 0.25) is 0 Å². The summed E-state index contributed by atoms with van der Waals surface area (Å²) in [6.45, 7) is 11.3. The van der Waals surface area contributed by atoms with Crippen LogP contribution in [-0.4, -0.2) is 23.1 Å². The van der Waals surface area contributed by atoms with Gasteiger partial charge in [0.1, 0.15) is 22.0 Å². The molecule has 0 aromatic rings. The van der Waals surface area contributed by atoms with Gasteiger partial charge in [-0.3, -0.25) is 9.59 Å². The molecular formula is C14H18O4. The molecule has 0 saturated carbocycles. The van der Waals surface area contributed by atoms with Gasteiger partial charge in [0.25, 0.3) is 0 Å². The van der Waals surface area contributed by atoms with Crippen molar-refractivity contribution in [3.8, 4) is 0 Å². The third-order valence-corrected chi connectivity index (χ3v) is 6.31. The summed E-state index contributed by atoms with van der Waals surface area (Å²) in [5, 5.41) is 0. The minimum atomic E-state index is -0.949. The zero-order valence-corrected chi connectivity index (χ0v) is 11.6. The molecule has 98 valence electrons. The van der Waals surface area contributed by atoms with Gasteiger partial charge in [-0.2, -0.15) is 0 Å². The molecule has 0 aromatic carbocycles. The number of ether oxygens (including phenoxy) is 2. The van der Waals surface area contributed by atoms with E-state index in [9.17, 15) is 9.59 Å². The van der Waals surface area contributed by atoms with Gasteiger partial charge in [0, 0.05) is 0 Å². The highest BCUT2D eigenvalue weighted by Gasteiger charge is 2.86. The van der Waals surface area contributed by atoms with Gasteiger partial charge in [-0.05, 0) is 52.7 Å². The molecule has 3 rings (SSSR count). The zero-order chi connectivity index (χ0) is 13.7. The van der Waals surface area contributed by atoms with Crippen LogP contribution in [0.25, 0.3) is 0 Å². The van der Waals surface area contributed by atoms with Crippen molar-refractivity contribution in [2.75, 3.05) is 0 Å². The molecule has 4 heteroatoms. The number of hydrogen-bond donors (Lipinski definition) is 0. The highest BCUT2D eigenvalue weighted by molar-refractivity contribution is 6.05. The Morgan fingerprint density at radius 2 is 1.11 bits per heavy atom. The van der Waals surface area contributed by atoms with Gasteiger partial charge in [-0.1, -0.05) is 0 Å². The SMILES string of the molecule is CC1=C(C)C2(C)OC1(C)C1(C)C(=O)OC(=O)C21C. The maximum absolute atomic E-state index is 12.2. The van der Waals surface area contributed by atoms with E-state index in [1.807, 2.05) is 27.7 Å². The van der Waals surface area contributed by atoms with Crippen LogP contribution in [0.15, 0.2) is 11.1 Å². The first-order valence-corrected chi connectivity index (χ1v) is 6.22. The first-order valence-electron chi connectivity index (χ1n) is 6.22. The van der Waals surface area contributed by atoms with Crippen molar-refractivity contribution in [3.63, 3.8) is 0 Å². The van der Waals surface area contributed by atoms with Crippen LogP contribution in [0, 0.1) is 10.8 Å². The topological polar surface area (TPSA) is 52.6 Å². The highest BCUT2D eigenvalue weighted by atomic mass is 16.6. The number of hydrogen-bond acceptors (Lipinski definition) is 4. The largest absolute Gasteiger partial charge is 0.392 e. The van der Waals surface area contributed by atoms with Gasteiger partial charge in [-0.15, -0.1) is 0 Å². The number of cyclic esters (lactones) is 2. The average Bonchev–Trinajstić information content (AvgIpc) is 2.66. The van der Waals surface area contributed by atoms with E-state index in [0.717, 1.165) is 11.1 Å². The maximum Gasteiger partial charge on any atom is 0.324 e. The molecule has 3 aliphatic rings. The number of rotatable bonds is 0. The van der Waals surface area contributed by atoms with E-state index in [-0.39, 0.29) is 0 Å². The fourth-order valence-corrected chi connectivity index (χ4v) is 4.27. The van der Waals surface area contributed by atoms with E-state index in [0.29, 0.717) is 0 Å². The zero-order valence-electron chi connectivity index (χ0n) is 11.6. The third kappa shape index (κ3) is 0.697. The molecule has 0 N–H and O–H groups in total. The lowest BCUT2D eigenvalue weighted by atomic mass is 9.50. The van der Waals surface area contributed by atoms with Crippen LogP contribution in [0.4, 0.5) is 0 Å². The minimum Gasteiger partial charge on any atom is -0.392 e. The van der Waals surface area contributed by atoms with Crippen LogP contribution in [-0.2, 0) is 19.1 Å². The van der Waals surface area contributed by atoms with E-state index >= 15 is 0 Å². The molecule has 0 amide bonds. The summed E-state index contributed by atoms with van der Waals surface area (Å²) in [6, 6.07) is 0. The molecule has 3 aliphatic heterocycles. The van der Waals surface area contributed by atoms with Gasteiger partial charge in [0.05, 0.1) is 0 Å². The summed E-state index contributed by atoms with van der Waals surface area (Å²) in [5.74, 6) is -0.929. The van der Waals surface area contributed by atoms with E-state index in [4.69, 9.17) is 9.47 Å². The Kier molecular flexibility index (Phi) is 1.70. The fraction of sp³-hybridized carbons (Fsp3) is 0.714. The summed E-state index contributed by atoms with van der Waals surface area (Å²) in [7, 11) is 0. The van der Waals surface area contributed by atoms with Gasteiger partial charge < -0.3 is 9.47 Å².